The molecule has 1 saturated heterocycles. The predicted octanol–water partition coefficient (Wildman–Crippen LogP) is 4.37. The van der Waals surface area contributed by atoms with Crippen molar-refractivity contribution in [2.24, 2.45) is 5.92 Å². The highest BCUT2D eigenvalue weighted by Crippen LogP contribution is 2.39. The first-order valence-corrected chi connectivity index (χ1v) is 8.56. The zero-order valence-corrected chi connectivity index (χ0v) is 14.7. The number of likely N-dealkylation sites (tertiary alicyclic amines) is 1. The average Bonchev–Trinajstić information content (AvgIpc) is 2.49. The van der Waals surface area contributed by atoms with E-state index in [1.807, 2.05) is 19.1 Å². The molecule has 2 rings (SSSR count). The van der Waals surface area contributed by atoms with Crippen molar-refractivity contribution in [2.45, 2.75) is 32.1 Å². The van der Waals surface area contributed by atoms with Crippen molar-refractivity contribution in [3.05, 3.63) is 33.8 Å². The average molecular weight is 344 g/mol. The van der Waals surface area contributed by atoms with Gasteiger partial charge < -0.3 is 9.64 Å². The Morgan fingerprint density at radius 2 is 2.05 bits per heavy atom. The largest absolute Gasteiger partial charge is 0.466 e. The summed E-state index contributed by atoms with van der Waals surface area (Å²) in [5.41, 5.74) is 0.969. The molecule has 22 heavy (non-hydrogen) atoms. The van der Waals surface area contributed by atoms with E-state index in [1.165, 1.54) is 0 Å². The molecule has 0 spiro atoms. The Labute approximate surface area is 142 Å². The molecule has 0 amide bonds. The molecule has 0 saturated carbocycles. The molecular formula is C17H23Cl2NO2. The second-order valence-electron chi connectivity index (χ2n) is 5.92. The minimum Gasteiger partial charge on any atom is -0.466 e. The maximum atomic E-state index is 12.0. The van der Waals surface area contributed by atoms with Crippen molar-refractivity contribution in [3.63, 3.8) is 0 Å². The Morgan fingerprint density at radius 1 is 1.36 bits per heavy atom. The molecule has 3 nitrogen and oxygen atoms in total. The number of nitrogens with zero attached hydrogens (tertiary/aromatic N) is 1. The van der Waals surface area contributed by atoms with Gasteiger partial charge in [0.15, 0.2) is 0 Å². The van der Waals surface area contributed by atoms with Crippen LogP contribution in [0, 0.1) is 5.92 Å². The second-order valence-corrected chi connectivity index (χ2v) is 6.77. The number of carbonyl (C=O) groups is 1. The van der Waals surface area contributed by atoms with E-state index in [2.05, 4.69) is 11.9 Å². The van der Waals surface area contributed by atoms with E-state index < -0.39 is 0 Å². The molecule has 1 aliphatic rings. The lowest BCUT2D eigenvalue weighted by Crippen LogP contribution is -2.33. The van der Waals surface area contributed by atoms with Crippen molar-refractivity contribution in [3.8, 4) is 0 Å². The van der Waals surface area contributed by atoms with Gasteiger partial charge in [0, 0.05) is 10.0 Å². The fourth-order valence-corrected chi connectivity index (χ4v) is 3.60. The number of halogens is 2. The Bertz CT molecular complexity index is 513. The maximum absolute atomic E-state index is 12.0. The standard InChI is InChI=1S/C17H23Cl2NO2/c1-3-22-17(21)11-14(12-6-8-20(2)9-7-12)15-10-13(18)4-5-16(15)19/h4-5,10,12,14H,3,6-9,11H2,1-2H3. The number of rotatable bonds is 5. The Kier molecular flexibility index (Phi) is 6.54. The zero-order valence-electron chi connectivity index (χ0n) is 13.1. The summed E-state index contributed by atoms with van der Waals surface area (Å²) in [6, 6.07) is 5.49. The molecule has 0 aliphatic carbocycles. The first-order chi connectivity index (χ1) is 10.5. The summed E-state index contributed by atoms with van der Waals surface area (Å²) in [4.78, 5) is 14.3. The fourth-order valence-electron chi connectivity index (χ4n) is 3.16. The van der Waals surface area contributed by atoms with Crippen LogP contribution in [0.4, 0.5) is 0 Å². The van der Waals surface area contributed by atoms with E-state index in [9.17, 15) is 4.79 Å². The highest BCUT2D eigenvalue weighted by atomic mass is 35.5. The summed E-state index contributed by atoms with van der Waals surface area (Å²) in [6.45, 7) is 4.32. The lowest BCUT2D eigenvalue weighted by Gasteiger charge is -2.34. The number of piperidine rings is 1. The van der Waals surface area contributed by atoms with Gasteiger partial charge in [-0.05, 0) is 75.5 Å². The number of ether oxygens (including phenoxy) is 1. The summed E-state index contributed by atoms with van der Waals surface area (Å²) in [6.07, 6.45) is 2.48. The van der Waals surface area contributed by atoms with E-state index in [-0.39, 0.29) is 11.9 Å². The first-order valence-electron chi connectivity index (χ1n) is 7.80. The molecule has 1 heterocycles. The molecule has 1 fully saturated rings. The third-order valence-corrected chi connectivity index (χ3v) is 4.96. The van der Waals surface area contributed by atoms with Crippen molar-refractivity contribution in [1.29, 1.82) is 0 Å². The normalized spacial score (nSPS) is 18.2. The third kappa shape index (κ3) is 4.61. The van der Waals surface area contributed by atoms with Gasteiger partial charge in [-0.25, -0.2) is 0 Å². The number of hydrogen-bond donors (Lipinski definition) is 0. The molecule has 0 N–H and O–H groups in total. The molecule has 0 bridgehead atoms. The second kappa shape index (κ2) is 8.19. The summed E-state index contributed by atoms with van der Waals surface area (Å²) in [5.74, 6) is 0.331. The first kappa shape index (κ1) is 17.6. The summed E-state index contributed by atoms with van der Waals surface area (Å²) < 4.78 is 5.15. The Morgan fingerprint density at radius 3 is 2.68 bits per heavy atom. The van der Waals surface area contributed by atoms with Gasteiger partial charge in [0.05, 0.1) is 13.0 Å². The van der Waals surface area contributed by atoms with Crippen molar-refractivity contribution in [1.82, 2.24) is 4.90 Å². The van der Waals surface area contributed by atoms with Gasteiger partial charge >= 0.3 is 5.97 Å². The molecule has 5 heteroatoms. The summed E-state index contributed by atoms with van der Waals surface area (Å²) in [5, 5.41) is 1.33. The van der Waals surface area contributed by atoms with Crippen LogP contribution in [0.2, 0.25) is 10.0 Å². The monoisotopic (exact) mass is 343 g/mol. The van der Waals surface area contributed by atoms with Crippen LogP contribution < -0.4 is 0 Å². The van der Waals surface area contributed by atoms with Crippen molar-refractivity contribution in [2.75, 3.05) is 26.7 Å². The number of hydrogen-bond acceptors (Lipinski definition) is 3. The van der Waals surface area contributed by atoms with E-state index in [4.69, 9.17) is 27.9 Å². The van der Waals surface area contributed by atoms with Crippen LogP contribution in [-0.2, 0) is 9.53 Å². The van der Waals surface area contributed by atoms with Crippen LogP contribution in [0.3, 0.4) is 0 Å². The minimum atomic E-state index is -0.164. The molecular weight excluding hydrogens is 321 g/mol. The highest BCUT2D eigenvalue weighted by molar-refractivity contribution is 6.33. The van der Waals surface area contributed by atoms with Crippen LogP contribution in [-0.4, -0.2) is 37.6 Å². The lowest BCUT2D eigenvalue weighted by atomic mass is 9.78. The van der Waals surface area contributed by atoms with Gasteiger partial charge in [0.1, 0.15) is 0 Å². The lowest BCUT2D eigenvalue weighted by molar-refractivity contribution is -0.144. The molecule has 0 aromatic heterocycles. The fraction of sp³-hybridized carbons (Fsp3) is 0.588. The highest BCUT2D eigenvalue weighted by Gasteiger charge is 2.30. The van der Waals surface area contributed by atoms with Crippen LogP contribution in [0.1, 0.15) is 37.7 Å². The molecule has 1 unspecified atom stereocenters. The molecule has 1 atom stereocenters. The molecule has 1 aromatic carbocycles. The van der Waals surface area contributed by atoms with E-state index in [0.717, 1.165) is 31.5 Å². The van der Waals surface area contributed by atoms with E-state index in [1.54, 1.807) is 6.07 Å². The van der Waals surface area contributed by atoms with E-state index >= 15 is 0 Å². The topological polar surface area (TPSA) is 29.5 Å². The van der Waals surface area contributed by atoms with Gasteiger partial charge in [-0.15, -0.1) is 0 Å². The van der Waals surface area contributed by atoms with Crippen molar-refractivity contribution >= 4 is 29.2 Å². The number of benzene rings is 1. The maximum Gasteiger partial charge on any atom is 0.306 e. The van der Waals surface area contributed by atoms with Crippen LogP contribution in [0.5, 0.6) is 0 Å². The van der Waals surface area contributed by atoms with Gasteiger partial charge in [-0.3, -0.25) is 4.79 Å². The Balaban J connectivity index is 2.24. The zero-order chi connectivity index (χ0) is 16.1. The van der Waals surface area contributed by atoms with Gasteiger partial charge in [-0.1, -0.05) is 23.2 Å². The summed E-state index contributed by atoms with van der Waals surface area (Å²) >= 11 is 12.5. The van der Waals surface area contributed by atoms with E-state index in [0.29, 0.717) is 29.0 Å². The van der Waals surface area contributed by atoms with Crippen LogP contribution in [0.15, 0.2) is 18.2 Å². The SMILES string of the molecule is CCOC(=O)CC(c1cc(Cl)ccc1Cl)C1CCN(C)CC1. The Hall–Kier alpha value is -0.770. The van der Waals surface area contributed by atoms with Crippen molar-refractivity contribution < 1.29 is 9.53 Å². The van der Waals surface area contributed by atoms with Gasteiger partial charge in [-0.2, -0.15) is 0 Å². The molecule has 122 valence electrons. The van der Waals surface area contributed by atoms with Crippen LogP contribution in [0.25, 0.3) is 0 Å². The van der Waals surface area contributed by atoms with Gasteiger partial charge in [0.2, 0.25) is 0 Å². The summed E-state index contributed by atoms with van der Waals surface area (Å²) in [7, 11) is 2.13. The quantitative estimate of drug-likeness (QED) is 0.743. The third-order valence-electron chi connectivity index (χ3n) is 4.38. The molecule has 1 aromatic rings. The smallest absolute Gasteiger partial charge is 0.306 e. The van der Waals surface area contributed by atoms with Crippen LogP contribution >= 0.6 is 23.2 Å². The van der Waals surface area contributed by atoms with Gasteiger partial charge in [0.25, 0.3) is 0 Å². The number of esters is 1. The molecule has 0 radical (unpaired) electrons. The predicted molar refractivity (Wildman–Crippen MR) is 90.7 cm³/mol. The molecule has 1 aliphatic heterocycles. The minimum absolute atomic E-state index is 0.0685. The number of carbonyl (C=O) groups excluding carboxylic acids is 1.